The minimum absolute atomic E-state index is 0.548. The quantitative estimate of drug-likeness (QED) is 0.764. The first kappa shape index (κ1) is 12.9. The van der Waals surface area contributed by atoms with E-state index < -0.39 is 0 Å². The average Bonchev–Trinajstić information content (AvgIpc) is 2.46. The normalized spacial score (nSPS) is 23.5. The summed E-state index contributed by atoms with van der Waals surface area (Å²) in [6.07, 6.45) is 7.09. The number of hydrogen-bond donors (Lipinski definition) is 0. The van der Waals surface area contributed by atoms with Crippen LogP contribution in [-0.4, -0.2) is 22.9 Å². The van der Waals surface area contributed by atoms with E-state index in [0.717, 1.165) is 5.82 Å². The van der Waals surface area contributed by atoms with Gasteiger partial charge in [-0.15, -0.1) is 0 Å². The van der Waals surface area contributed by atoms with Crippen LogP contribution in [0.5, 0.6) is 0 Å². The molecule has 3 heteroatoms. The lowest BCUT2D eigenvalue weighted by atomic mass is 9.94. The van der Waals surface area contributed by atoms with Crippen molar-refractivity contribution in [1.82, 2.24) is 4.98 Å². The van der Waals surface area contributed by atoms with E-state index in [2.05, 4.69) is 63.2 Å². The van der Waals surface area contributed by atoms with E-state index in [0.29, 0.717) is 10.9 Å². The van der Waals surface area contributed by atoms with E-state index in [1.807, 2.05) is 6.20 Å². The number of rotatable bonds is 2. The molecule has 0 amide bonds. The van der Waals surface area contributed by atoms with Gasteiger partial charge in [-0.25, -0.2) is 4.98 Å². The molecule has 2 nitrogen and oxygen atoms in total. The highest BCUT2D eigenvalue weighted by Crippen LogP contribution is 2.32. The fraction of sp³-hybridized carbons (Fsp3) is 0.438. The van der Waals surface area contributed by atoms with Crippen molar-refractivity contribution in [2.24, 2.45) is 0 Å². The molecule has 0 N–H and O–H groups in total. The number of pyridine rings is 1. The zero-order valence-electron chi connectivity index (χ0n) is 11.2. The lowest BCUT2D eigenvalue weighted by Crippen LogP contribution is -2.41. The number of nitrogens with zero attached hydrogens (tertiary/aromatic N) is 2. The lowest BCUT2D eigenvalue weighted by molar-refractivity contribution is 0.443. The Balaban J connectivity index is 1.99. The molecule has 1 aliphatic rings. The molecule has 0 aliphatic heterocycles. The molecule has 0 saturated heterocycles. The monoisotopic (exact) mass is 318 g/mol. The summed E-state index contributed by atoms with van der Waals surface area (Å²) in [6, 6.07) is 11.1. The van der Waals surface area contributed by atoms with Gasteiger partial charge in [-0.1, -0.05) is 53.0 Å². The Kier molecular flexibility index (Phi) is 3.74. The number of anilines is 1. The third-order valence-electron chi connectivity index (χ3n) is 4.13. The van der Waals surface area contributed by atoms with E-state index in [1.165, 1.54) is 36.5 Å². The Morgan fingerprint density at radius 1 is 1.16 bits per heavy atom. The first-order chi connectivity index (χ1) is 9.27. The van der Waals surface area contributed by atoms with E-state index in [-0.39, 0.29) is 0 Å². The van der Waals surface area contributed by atoms with Crippen molar-refractivity contribution in [2.45, 2.75) is 36.6 Å². The molecule has 2 atom stereocenters. The summed E-state index contributed by atoms with van der Waals surface area (Å²) in [5.74, 6) is 1.11. The van der Waals surface area contributed by atoms with Gasteiger partial charge < -0.3 is 4.90 Å². The van der Waals surface area contributed by atoms with Crippen LogP contribution in [-0.2, 0) is 0 Å². The average molecular weight is 319 g/mol. The van der Waals surface area contributed by atoms with Gasteiger partial charge in [0.15, 0.2) is 0 Å². The van der Waals surface area contributed by atoms with Gasteiger partial charge in [0, 0.05) is 29.5 Å². The Hall–Kier alpha value is -1.09. The molecular weight excluding hydrogens is 300 g/mol. The first-order valence-electron chi connectivity index (χ1n) is 6.98. The molecular formula is C16H19BrN2. The number of alkyl halides is 1. The van der Waals surface area contributed by atoms with Gasteiger partial charge in [0.1, 0.15) is 5.82 Å². The second-order valence-corrected chi connectivity index (χ2v) is 6.51. The van der Waals surface area contributed by atoms with Crippen molar-refractivity contribution in [3.63, 3.8) is 0 Å². The molecule has 1 heterocycles. The van der Waals surface area contributed by atoms with Crippen LogP contribution in [0.15, 0.2) is 36.5 Å². The molecule has 100 valence electrons. The van der Waals surface area contributed by atoms with Crippen LogP contribution in [0.3, 0.4) is 0 Å². The Morgan fingerprint density at radius 3 is 2.79 bits per heavy atom. The summed E-state index contributed by atoms with van der Waals surface area (Å²) in [7, 11) is 2.18. The highest BCUT2D eigenvalue weighted by molar-refractivity contribution is 9.09. The summed E-state index contributed by atoms with van der Waals surface area (Å²) in [5, 5.41) is 2.51. The van der Waals surface area contributed by atoms with Crippen molar-refractivity contribution >= 4 is 32.5 Å². The van der Waals surface area contributed by atoms with E-state index in [4.69, 9.17) is 0 Å². The summed E-state index contributed by atoms with van der Waals surface area (Å²) < 4.78 is 0. The van der Waals surface area contributed by atoms with Crippen LogP contribution in [0.25, 0.3) is 10.8 Å². The van der Waals surface area contributed by atoms with Crippen molar-refractivity contribution in [3.8, 4) is 0 Å². The maximum Gasteiger partial charge on any atom is 0.136 e. The highest BCUT2D eigenvalue weighted by Gasteiger charge is 2.27. The summed E-state index contributed by atoms with van der Waals surface area (Å²) in [5.41, 5.74) is 0. The third-order valence-corrected chi connectivity index (χ3v) is 5.20. The fourth-order valence-electron chi connectivity index (χ4n) is 3.04. The molecule has 3 rings (SSSR count). The minimum Gasteiger partial charge on any atom is -0.355 e. The molecule has 2 unspecified atom stereocenters. The van der Waals surface area contributed by atoms with E-state index in [9.17, 15) is 0 Å². The summed E-state index contributed by atoms with van der Waals surface area (Å²) >= 11 is 3.85. The van der Waals surface area contributed by atoms with Crippen LogP contribution >= 0.6 is 15.9 Å². The Bertz CT molecular complexity index is 564. The standard InChI is InChI=1S/C16H19BrN2/c1-19(15-9-5-4-8-14(15)17)16-13-7-3-2-6-12(13)10-11-18-16/h2-3,6-7,10-11,14-15H,4-5,8-9H2,1H3. The summed E-state index contributed by atoms with van der Waals surface area (Å²) in [4.78, 5) is 7.56. The second kappa shape index (κ2) is 5.49. The van der Waals surface area contributed by atoms with Gasteiger partial charge in [-0.05, 0) is 24.3 Å². The molecule has 1 fully saturated rings. The SMILES string of the molecule is CN(c1nccc2ccccc12)C1CCCCC1Br. The molecule has 0 radical (unpaired) electrons. The van der Waals surface area contributed by atoms with Gasteiger partial charge in [0.2, 0.25) is 0 Å². The zero-order chi connectivity index (χ0) is 13.2. The van der Waals surface area contributed by atoms with Crippen LogP contribution in [0.2, 0.25) is 0 Å². The van der Waals surface area contributed by atoms with Crippen molar-refractivity contribution in [3.05, 3.63) is 36.5 Å². The number of halogens is 1. The van der Waals surface area contributed by atoms with Gasteiger partial charge in [0.05, 0.1) is 0 Å². The molecule has 1 saturated carbocycles. The first-order valence-corrected chi connectivity index (χ1v) is 7.89. The highest BCUT2D eigenvalue weighted by atomic mass is 79.9. The third kappa shape index (κ3) is 2.48. The van der Waals surface area contributed by atoms with Gasteiger partial charge >= 0.3 is 0 Å². The molecule has 1 aromatic carbocycles. The maximum atomic E-state index is 4.62. The molecule has 0 spiro atoms. The van der Waals surface area contributed by atoms with Crippen molar-refractivity contribution < 1.29 is 0 Å². The van der Waals surface area contributed by atoms with Crippen LogP contribution in [0.1, 0.15) is 25.7 Å². The largest absolute Gasteiger partial charge is 0.355 e. The smallest absolute Gasteiger partial charge is 0.136 e. The number of aromatic nitrogens is 1. The minimum atomic E-state index is 0.548. The number of fused-ring (bicyclic) bond motifs is 1. The summed E-state index contributed by atoms with van der Waals surface area (Å²) in [6.45, 7) is 0. The molecule has 19 heavy (non-hydrogen) atoms. The van der Waals surface area contributed by atoms with Crippen LogP contribution < -0.4 is 4.90 Å². The van der Waals surface area contributed by atoms with E-state index in [1.54, 1.807) is 0 Å². The second-order valence-electron chi connectivity index (χ2n) is 5.33. The molecule has 2 aromatic rings. The zero-order valence-corrected chi connectivity index (χ0v) is 12.8. The van der Waals surface area contributed by atoms with Gasteiger partial charge in [0.25, 0.3) is 0 Å². The molecule has 1 aromatic heterocycles. The predicted octanol–water partition coefficient (Wildman–Crippen LogP) is 4.38. The fourth-order valence-corrected chi connectivity index (χ4v) is 3.99. The Morgan fingerprint density at radius 2 is 1.95 bits per heavy atom. The predicted molar refractivity (Wildman–Crippen MR) is 85.1 cm³/mol. The van der Waals surface area contributed by atoms with E-state index >= 15 is 0 Å². The van der Waals surface area contributed by atoms with Gasteiger partial charge in [-0.3, -0.25) is 0 Å². The molecule has 1 aliphatic carbocycles. The topological polar surface area (TPSA) is 16.1 Å². The van der Waals surface area contributed by atoms with Crippen LogP contribution in [0, 0.1) is 0 Å². The van der Waals surface area contributed by atoms with Crippen molar-refractivity contribution in [1.29, 1.82) is 0 Å². The number of hydrogen-bond acceptors (Lipinski definition) is 2. The van der Waals surface area contributed by atoms with Gasteiger partial charge in [-0.2, -0.15) is 0 Å². The lowest BCUT2D eigenvalue weighted by Gasteiger charge is -2.36. The molecule has 0 bridgehead atoms. The van der Waals surface area contributed by atoms with Crippen LogP contribution in [0.4, 0.5) is 5.82 Å². The maximum absolute atomic E-state index is 4.62. The Labute approximate surface area is 123 Å². The van der Waals surface area contributed by atoms with Crippen molar-refractivity contribution in [2.75, 3.05) is 11.9 Å². The number of benzene rings is 1.